The number of aliphatic hydroxyl groups is 1. The van der Waals surface area contributed by atoms with Crippen LogP contribution in [0.4, 0.5) is 0 Å². The molecule has 3 saturated carbocycles. The molecule has 4 nitrogen and oxygen atoms in total. The Morgan fingerprint density at radius 3 is 2.55 bits per heavy atom. The molecule has 5 heteroatoms. The van der Waals surface area contributed by atoms with Crippen molar-refractivity contribution in [3.63, 3.8) is 0 Å². The second-order valence-corrected chi connectivity index (χ2v) is 15.7. The van der Waals surface area contributed by atoms with Crippen LogP contribution in [0.15, 0.2) is 11.6 Å². The number of rotatable bonds is 5. The maximum absolute atomic E-state index is 12.5. The molecular weight excluding hydrogens is 528 g/mol. The molecule has 1 N–H and O–H groups in total. The van der Waals surface area contributed by atoms with Crippen LogP contribution in [-0.2, 0) is 14.3 Å². The van der Waals surface area contributed by atoms with Crippen LogP contribution >= 0.6 is 0 Å². The molecule has 4 rings (SSSR count). The van der Waals surface area contributed by atoms with Gasteiger partial charge >= 0.3 is 211 Å². The fraction of sp³-hybridized carbons (Fsp3) is 0.857. The zero-order valence-corrected chi connectivity index (χ0v) is 23.8. The quantitative estimate of drug-likeness (QED) is 0.264. The Kier molecular flexibility index (Phi) is 7.21. The molecule has 0 aromatic heterocycles. The zero-order valence-electron chi connectivity index (χ0n) is 21.5. The Morgan fingerprint density at radius 1 is 1.18 bits per heavy atom. The number of Topliss-reactive ketones (excluding diaryl/α,β-unsaturated/α-hetero) is 1. The Balaban J connectivity index is 1.73. The van der Waals surface area contributed by atoms with E-state index in [9.17, 15) is 14.7 Å². The summed E-state index contributed by atoms with van der Waals surface area (Å²) in [5.41, 5.74) is 1.73. The van der Waals surface area contributed by atoms with E-state index in [-0.39, 0.29) is 49.7 Å². The molecule has 0 aromatic rings. The molecule has 3 fully saturated rings. The van der Waals surface area contributed by atoms with Gasteiger partial charge in [-0.2, -0.15) is 0 Å². The van der Waals surface area contributed by atoms with Crippen LogP contribution in [0.1, 0.15) is 86.5 Å². The zero-order chi connectivity index (χ0) is 24.2. The number of aliphatic hydroxyl groups excluding tert-OH is 1. The fourth-order valence-corrected chi connectivity index (χ4v) is 13.0. The van der Waals surface area contributed by atoms with Gasteiger partial charge in [-0.3, -0.25) is 0 Å². The topological polar surface area (TPSA) is 63.6 Å². The van der Waals surface area contributed by atoms with E-state index in [1.807, 2.05) is 0 Å². The number of ether oxygens (including phenoxy) is 1. The monoisotopic (exact) mass is 574 g/mol. The van der Waals surface area contributed by atoms with Gasteiger partial charge in [0.15, 0.2) is 0 Å². The number of esters is 1. The summed E-state index contributed by atoms with van der Waals surface area (Å²) in [5.74, 6) is 2.00. The average molecular weight is 572 g/mol. The number of hydrogen-bond donors (Lipinski definition) is 1. The summed E-state index contributed by atoms with van der Waals surface area (Å²) < 4.78 is 8.52. The van der Waals surface area contributed by atoms with Gasteiger partial charge in [-0.05, 0) is 0 Å². The second-order valence-electron chi connectivity index (χ2n) is 12.9. The third kappa shape index (κ3) is 4.61. The van der Waals surface area contributed by atoms with Crippen molar-refractivity contribution >= 4 is 32.7 Å². The average Bonchev–Trinajstić information content (AvgIpc) is 3.04. The summed E-state index contributed by atoms with van der Waals surface area (Å²) in [5, 5.41) is 10.7. The van der Waals surface area contributed by atoms with Gasteiger partial charge in [0.25, 0.3) is 0 Å². The number of hydrogen-bond acceptors (Lipinski definition) is 4. The van der Waals surface area contributed by atoms with Crippen molar-refractivity contribution in [1.29, 1.82) is 0 Å². The van der Waals surface area contributed by atoms with Gasteiger partial charge in [-0.1, -0.05) is 0 Å². The van der Waals surface area contributed by atoms with Crippen molar-refractivity contribution in [1.82, 2.24) is 0 Å². The van der Waals surface area contributed by atoms with E-state index in [1.165, 1.54) is 17.0 Å². The Bertz CT molecular complexity index is 813. The molecule has 0 aromatic carbocycles. The van der Waals surface area contributed by atoms with Crippen LogP contribution in [0.3, 0.4) is 0 Å². The first-order valence-electron chi connectivity index (χ1n) is 13.0. The number of fused-ring (bicyclic) bond motifs is 5. The maximum atomic E-state index is 12.5. The van der Waals surface area contributed by atoms with Crippen LogP contribution in [0.2, 0.25) is 8.94 Å². The third-order valence-electron chi connectivity index (χ3n) is 9.52. The van der Waals surface area contributed by atoms with E-state index in [0.717, 1.165) is 43.0 Å². The summed E-state index contributed by atoms with van der Waals surface area (Å²) in [4.78, 5) is 24.7. The van der Waals surface area contributed by atoms with E-state index >= 15 is 0 Å². The van der Waals surface area contributed by atoms with Crippen molar-refractivity contribution < 1.29 is 19.4 Å². The van der Waals surface area contributed by atoms with Crippen LogP contribution in [0.5, 0.6) is 0 Å². The van der Waals surface area contributed by atoms with E-state index in [4.69, 9.17) is 4.74 Å². The molecule has 0 radical (unpaired) electrons. The summed E-state index contributed by atoms with van der Waals surface area (Å²) in [6, 6.07) is 0. The summed E-state index contributed by atoms with van der Waals surface area (Å²) in [6.45, 7) is 12.7. The molecular formula is C28H44O4Te. The molecule has 0 bridgehead atoms. The number of carbonyl (C=O) groups is 2. The second kappa shape index (κ2) is 9.25. The minimum absolute atomic E-state index is 0.100. The predicted molar refractivity (Wildman–Crippen MR) is 132 cm³/mol. The fourth-order valence-electron chi connectivity index (χ4n) is 8.32. The van der Waals surface area contributed by atoms with E-state index in [1.54, 1.807) is 6.92 Å². The van der Waals surface area contributed by atoms with Gasteiger partial charge in [0.05, 0.1) is 0 Å². The van der Waals surface area contributed by atoms with Crippen molar-refractivity contribution in [2.24, 2.45) is 39.9 Å². The van der Waals surface area contributed by atoms with Gasteiger partial charge in [-0.25, -0.2) is 0 Å². The van der Waals surface area contributed by atoms with Crippen molar-refractivity contribution in [2.45, 2.75) is 108 Å². The molecule has 4 aliphatic rings. The molecule has 0 heterocycles. The van der Waals surface area contributed by atoms with Gasteiger partial charge in [0, 0.05) is 0 Å². The minimum atomic E-state index is -0.420. The normalized spacial score (nSPS) is 42.6. The number of ketones is 1. The van der Waals surface area contributed by atoms with E-state index < -0.39 is 6.10 Å². The van der Waals surface area contributed by atoms with Gasteiger partial charge in [0.1, 0.15) is 0 Å². The van der Waals surface area contributed by atoms with Crippen LogP contribution in [-0.4, -0.2) is 50.0 Å². The molecule has 0 amide bonds. The van der Waals surface area contributed by atoms with Crippen LogP contribution in [0.25, 0.3) is 0 Å². The molecule has 4 aliphatic carbocycles. The predicted octanol–water partition coefficient (Wildman–Crippen LogP) is 5.62. The van der Waals surface area contributed by atoms with Gasteiger partial charge < -0.3 is 0 Å². The van der Waals surface area contributed by atoms with Crippen molar-refractivity contribution in [3.05, 3.63) is 11.6 Å². The number of allylic oxidation sites excluding steroid dienone is 1. The molecule has 0 spiro atoms. The van der Waals surface area contributed by atoms with Crippen LogP contribution < -0.4 is 0 Å². The molecule has 0 saturated heterocycles. The Labute approximate surface area is 210 Å². The first kappa shape index (κ1) is 25.7. The summed E-state index contributed by atoms with van der Waals surface area (Å²) in [6.07, 6.45) is 8.59. The molecule has 4 unspecified atom stereocenters. The summed E-state index contributed by atoms with van der Waals surface area (Å²) >= 11 is -0.275. The molecule has 33 heavy (non-hydrogen) atoms. The molecule has 186 valence electrons. The number of carbonyl (C=O) groups excluding carboxylic acids is 2. The Morgan fingerprint density at radius 2 is 1.91 bits per heavy atom. The standard InChI is InChI=1S/C28H44O4Te/c1-17(29)22-9-10-23-21-8-7-19-13-20(31)14-25(32-18(2)30)28(19,16-33-15-26(3,4)5)24(21)11-12-27(22,23)6/h7,20-25,31H,8-16H2,1-6H3/t20-,21?,22+,23?,24?,25?,27+,28+/m0/s1. The SMILES string of the molecule is CC(=O)OC1C[C@@H](O)CC2=CCC3C(CC[C@@]4(C)C3CC[C@@H]4C(C)=O)[C@@]21C[Te]CC(C)(C)C. The first-order valence-corrected chi connectivity index (χ1v) is 16.3. The van der Waals surface area contributed by atoms with Gasteiger partial charge in [0.2, 0.25) is 0 Å². The van der Waals surface area contributed by atoms with Crippen molar-refractivity contribution in [3.8, 4) is 0 Å². The van der Waals surface area contributed by atoms with Gasteiger partial charge in [-0.15, -0.1) is 0 Å². The molecule has 0 aliphatic heterocycles. The Hall–Kier alpha value is -0.370. The van der Waals surface area contributed by atoms with E-state index in [2.05, 4.69) is 33.8 Å². The van der Waals surface area contributed by atoms with E-state index in [0.29, 0.717) is 35.4 Å². The van der Waals surface area contributed by atoms with Crippen LogP contribution in [0, 0.1) is 39.9 Å². The van der Waals surface area contributed by atoms with Crippen molar-refractivity contribution in [2.75, 3.05) is 0 Å². The summed E-state index contributed by atoms with van der Waals surface area (Å²) in [7, 11) is 0. The first-order chi connectivity index (χ1) is 15.4. The third-order valence-corrected chi connectivity index (χ3v) is 14.5. The molecule has 8 atom stereocenters.